The highest BCUT2D eigenvalue weighted by Crippen LogP contribution is 2.23. The van der Waals surface area contributed by atoms with E-state index in [-0.39, 0.29) is 11.4 Å². The highest BCUT2D eigenvalue weighted by Gasteiger charge is 2.19. The van der Waals surface area contributed by atoms with Gasteiger partial charge in [-0.25, -0.2) is 9.36 Å². The van der Waals surface area contributed by atoms with Crippen molar-refractivity contribution in [1.82, 2.24) is 19.6 Å². The summed E-state index contributed by atoms with van der Waals surface area (Å²) in [5.74, 6) is 0.411. The van der Waals surface area contributed by atoms with Crippen molar-refractivity contribution in [2.45, 2.75) is 46.7 Å². The zero-order valence-corrected chi connectivity index (χ0v) is 18.2. The summed E-state index contributed by atoms with van der Waals surface area (Å²) in [4.78, 5) is 12.5. The number of amides is 1. The van der Waals surface area contributed by atoms with Gasteiger partial charge in [0.15, 0.2) is 0 Å². The molecule has 1 aromatic carbocycles. The minimum atomic E-state index is -0.248. The Morgan fingerprint density at radius 2 is 1.86 bits per heavy atom. The smallest absolute Gasteiger partial charge is 0.249 e. The molecule has 152 valence electrons. The molecule has 1 N–H and O–H groups in total. The summed E-state index contributed by atoms with van der Waals surface area (Å²) in [6.07, 6.45) is 3.17. The maximum absolute atomic E-state index is 12.5. The lowest BCUT2D eigenvalue weighted by atomic mass is 10.1. The predicted octanol–water partition coefficient (Wildman–Crippen LogP) is 4.81. The van der Waals surface area contributed by atoms with E-state index in [0.29, 0.717) is 17.5 Å². The van der Waals surface area contributed by atoms with Gasteiger partial charge in [0.2, 0.25) is 5.91 Å². The Labute approximate surface area is 176 Å². The maximum atomic E-state index is 12.5. The highest BCUT2D eigenvalue weighted by atomic mass is 35.5. The van der Waals surface area contributed by atoms with Crippen molar-refractivity contribution >= 4 is 29.4 Å². The Morgan fingerprint density at radius 3 is 2.52 bits per heavy atom. The van der Waals surface area contributed by atoms with Gasteiger partial charge in [0, 0.05) is 17.7 Å². The molecule has 0 fully saturated rings. The number of hydrogen-bond acceptors (Lipinski definition) is 3. The SMILES string of the molecule is Cc1cc(NC(=O)/C=C/c2c(C)nn(Cc3ccccc3)c2Cl)n(C(C)(C)C)n1. The minimum absolute atomic E-state index is 0.237. The maximum Gasteiger partial charge on any atom is 0.249 e. The van der Waals surface area contributed by atoms with Gasteiger partial charge < -0.3 is 5.32 Å². The van der Waals surface area contributed by atoms with Crippen LogP contribution in [0.1, 0.15) is 43.3 Å². The van der Waals surface area contributed by atoms with Crippen molar-refractivity contribution < 1.29 is 4.79 Å². The summed E-state index contributed by atoms with van der Waals surface area (Å²) in [6.45, 7) is 10.5. The van der Waals surface area contributed by atoms with E-state index in [1.807, 2.05) is 75.7 Å². The van der Waals surface area contributed by atoms with Crippen molar-refractivity contribution in [2.24, 2.45) is 0 Å². The molecule has 0 atom stereocenters. The number of carbonyl (C=O) groups excluding carboxylic acids is 1. The number of halogens is 1. The first-order chi connectivity index (χ1) is 13.6. The number of nitrogens with zero attached hydrogens (tertiary/aromatic N) is 4. The Morgan fingerprint density at radius 1 is 1.17 bits per heavy atom. The lowest BCUT2D eigenvalue weighted by Gasteiger charge is -2.22. The summed E-state index contributed by atoms with van der Waals surface area (Å²) in [6, 6.07) is 11.8. The Hall–Kier alpha value is -2.86. The fourth-order valence-electron chi connectivity index (χ4n) is 3.04. The van der Waals surface area contributed by atoms with Crippen LogP contribution in [0.3, 0.4) is 0 Å². The van der Waals surface area contributed by atoms with Crippen molar-refractivity contribution in [3.63, 3.8) is 0 Å². The van der Waals surface area contributed by atoms with Gasteiger partial charge in [-0.3, -0.25) is 4.79 Å². The summed E-state index contributed by atoms with van der Waals surface area (Å²) >= 11 is 6.51. The molecule has 0 radical (unpaired) electrons. The number of hydrogen-bond donors (Lipinski definition) is 1. The van der Waals surface area contributed by atoms with Gasteiger partial charge in [0.1, 0.15) is 11.0 Å². The molecule has 0 aliphatic carbocycles. The van der Waals surface area contributed by atoms with Crippen LogP contribution in [0.2, 0.25) is 5.15 Å². The summed E-state index contributed by atoms with van der Waals surface area (Å²) in [5, 5.41) is 12.4. The predicted molar refractivity (Wildman–Crippen MR) is 117 cm³/mol. The van der Waals surface area contributed by atoms with Gasteiger partial charge in [-0.1, -0.05) is 41.9 Å². The number of aryl methyl sites for hydroxylation is 2. The van der Waals surface area contributed by atoms with Crippen LogP contribution < -0.4 is 5.32 Å². The van der Waals surface area contributed by atoms with Gasteiger partial charge in [-0.2, -0.15) is 10.2 Å². The fourth-order valence-corrected chi connectivity index (χ4v) is 3.34. The quantitative estimate of drug-likeness (QED) is 0.613. The van der Waals surface area contributed by atoms with Crippen LogP contribution in [-0.4, -0.2) is 25.5 Å². The fraction of sp³-hybridized carbons (Fsp3) is 0.318. The minimum Gasteiger partial charge on any atom is -0.307 e. The van der Waals surface area contributed by atoms with E-state index in [4.69, 9.17) is 11.6 Å². The van der Waals surface area contributed by atoms with Crippen molar-refractivity contribution in [1.29, 1.82) is 0 Å². The Kier molecular flexibility index (Phi) is 5.94. The third-order valence-electron chi connectivity index (χ3n) is 4.40. The number of carbonyl (C=O) groups is 1. The van der Waals surface area contributed by atoms with Crippen molar-refractivity contribution in [3.8, 4) is 0 Å². The molecule has 3 aromatic rings. The number of rotatable bonds is 5. The van der Waals surface area contributed by atoms with Crippen LogP contribution in [0.25, 0.3) is 6.08 Å². The molecule has 7 heteroatoms. The van der Waals surface area contributed by atoms with Crippen LogP contribution in [0.15, 0.2) is 42.5 Å². The van der Waals surface area contributed by atoms with E-state index in [9.17, 15) is 4.79 Å². The molecular formula is C22H26ClN5O. The largest absolute Gasteiger partial charge is 0.307 e. The molecule has 0 unspecified atom stereocenters. The molecule has 0 aliphatic heterocycles. The molecule has 2 aromatic heterocycles. The van der Waals surface area contributed by atoms with Crippen molar-refractivity contribution in [3.05, 3.63) is 70.1 Å². The zero-order chi connectivity index (χ0) is 21.2. The highest BCUT2D eigenvalue weighted by molar-refractivity contribution is 6.31. The second-order valence-electron chi connectivity index (χ2n) is 8.01. The van der Waals surface area contributed by atoms with Crippen molar-refractivity contribution in [2.75, 3.05) is 5.32 Å². The number of benzene rings is 1. The average Bonchev–Trinajstić information content (AvgIpc) is 3.14. The van der Waals surface area contributed by atoms with Crippen LogP contribution >= 0.6 is 11.6 Å². The second kappa shape index (κ2) is 8.25. The molecule has 0 saturated carbocycles. The first kappa shape index (κ1) is 20.9. The molecule has 0 bridgehead atoms. The second-order valence-corrected chi connectivity index (χ2v) is 8.37. The van der Waals surface area contributed by atoms with Gasteiger partial charge >= 0.3 is 0 Å². The third kappa shape index (κ3) is 4.95. The first-order valence-electron chi connectivity index (χ1n) is 9.48. The number of anilines is 1. The van der Waals surface area contributed by atoms with Crippen LogP contribution in [0.4, 0.5) is 5.82 Å². The standard InChI is InChI=1S/C22H26ClN5O/c1-15-13-19(28(25-15)22(3,4)5)24-20(29)12-11-18-16(2)26-27(21(18)23)14-17-9-7-6-8-10-17/h6-13H,14H2,1-5H3,(H,24,29)/b12-11+. The van der Waals surface area contributed by atoms with Gasteiger partial charge in [-0.05, 0) is 46.3 Å². The van der Waals surface area contributed by atoms with Crippen LogP contribution in [0, 0.1) is 13.8 Å². The molecule has 0 saturated heterocycles. The van der Waals surface area contributed by atoms with E-state index >= 15 is 0 Å². The third-order valence-corrected chi connectivity index (χ3v) is 4.80. The summed E-state index contributed by atoms with van der Waals surface area (Å²) < 4.78 is 3.55. The summed E-state index contributed by atoms with van der Waals surface area (Å²) in [5.41, 5.74) is 3.22. The zero-order valence-electron chi connectivity index (χ0n) is 17.4. The topological polar surface area (TPSA) is 64.7 Å². The lowest BCUT2D eigenvalue weighted by Crippen LogP contribution is -2.26. The molecule has 2 heterocycles. The Bertz CT molecular complexity index is 1040. The number of nitrogens with one attached hydrogen (secondary N) is 1. The molecule has 3 rings (SSSR count). The van der Waals surface area contributed by atoms with E-state index < -0.39 is 0 Å². The molecule has 6 nitrogen and oxygen atoms in total. The molecule has 29 heavy (non-hydrogen) atoms. The lowest BCUT2D eigenvalue weighted by molar-refractivity contribution is -0.111. The number of aromatic nitrogens is 4. The first-order valence-corrected chi connectivity index (χ1v) is 9.86. The van der Waals surface area contributed by atoms with Gasteiger partial charge in [0.25, 0.3) is 0 Å². The van der Waals surface area contributed by atoms with E-state index in [2.05, 4.69) is 15.5 Å². The molecule has 0 aliphatic rings. The van der Waals surface area contributed by atoms with Gasteiger partial charge in [0.05, 0.1) is 23.5 Å². The molecular weight excluding hydrogens is 386 g/mol. The summed E-state index contributed by atoms with van der Waals surface area (Å²) in [7, 11) is 0. The van der Waals surface area contributed by atoms with E-state index in [1.165, 1.54) is 6.08 Å². The molecule has 1 amide bonds. The van der Waals surface area contributed by atoms with Crippen LogP contribution in [0.5, 0.6) is 0 Å². The van der Waals surface area contributed by atoms with Crippen LogP contribution in [-0.2, 0) is 16.9 Å². The van der Waals surface area contributed by atoms with E-state index in [0.717, 1.165) is 22.5 Å². The molecule has 0 spiro atoms. The normalized spacial score (nSPS) is 11.9. The average molecular weight is 412 g/mol. The van der Waals surface area contributed by atoms with Gasteiger partial charge in [-0.15, -0.1) is 0 Å². The Balaban J connectivity index is 1.76. The monoisotopic (exact) mass is 411 g/mol. The van der Waals surface area contributed by atoms with E-state index in [1.54, 1.807) is 10.8 Å².